The number of amides is 1. The summed E-state index contributed by atoms with van der Waals surface area (Å²) in [5.74, 6) is 0.308. The molecule has 0 fully saturated rings. The van der Waals surface area contributed by atoms with E-state index < -0.39 is 10.0 Å². The minimum absolute atomic E-state index is 0.188. The van der Waals surface area contributed by atoms with Crippen molar-refractivity contribution in [2.24, 2.45) is 0 Å². The number of carbonyl (C=O) groups is 2. The number of nitrogens with one attached hydrogen (secondary N) is 2. The van der Waals surface area contributed by atoms with Crippen molar-refractivity contribution in [2.75, 3.05) is 17.9 Å². The Morgan fingerprint density at radius 2 is 1.94 bits per heavy atom. The normalized spacial score (nSPS) is 12.4. The molecule has 2 aromatic heterocycles. The molecular formula is C25H25N3O4S3. The highest BCUT2D eigenvalue weighted by Gasteiger charge is 2.25. The molecule has 1 unspecified atom stereocenters. The predicted molar refractivity (Wildman–Crippen MR) is 143 cm³/mol. The zero-order valence-corrected chi connectivity index (χ0v) is 21.7. The fourth-order valence-corrected chi connectivity index (χ4v) is 6.86. The van der Waals surface area contributed by atoms with Gasteiger partial charge >= 0.3 is 0 Å². The fourth-order valence-electron chi connectivity index (χ4n) is 3.62. The van der Waals surface area contributed by atoms with Crippen LogP contribution in [0.15, 0.2) is 70.3 Å². The van der Waals surface area contributed by atoms with Gasteiger partial charge in [0.15, 0.2) is 0 Å². The van der Waals surface area contributed by atoms with Crippen LogP contribution in [0.3, 0.4) is 0 Å². The zero-order valence-electron chi connectivity index (χ0n) is 19.2. The predicted octanol–water partition coefficient (Wildman–Crippen LogP) is 4.59. The molecule has 2 aromatic carbocycles. The number of aryl methyl sites for hydroxylation is 1. The van der Waals surface area contributed by atoms with Crippen LogP contribution in [0.2, 0.25) is 0 Å². The molecule has 0 aliphatic rings. The zero-order chi connectivity index (χ0) is 25.0. The van der Waals surface area contributed by atoms with Crippen molar-refractivity contribution in [1.82, 2.24) is 10.3 Å². The smallest absolute Gasteiger partial charge is 0.273 e. The van der Waals surface area contributed by atoms with E-state index >= 15 is 0 Å². The van der Waals surface area contributed by atoms with E-state index in [9.17, 15) is 18.0 Å². The Morgan fingerprint density at radius 1 is 1.17 bits per heavy atom. The van der Waals surface area contributed by atoms with Crippen molar-refractivity contribution in [2.45, 2.75) is 22.1 Å². The molecule has 182 valence electrons. The van der Waals surface area contributed by atoms with E-state index in [-0.39, 0.29) is 21.9 Å². The number of H-pyrrole nitrogens is 1. The number of thiophene rings is 1. The van der Waals surface area contributed by atoms with Crippen LogP contribution in [-0.4, -0.2) is 44.4 Å². The Labute approximate surface area is 212 Å². The van der Waals surface area contributed by atoms with Crippen LogP contribution in [0.25, 0.3) is 10.9 Å². The monoisotopic (exact) mass is 527 g/mol. The van der Waals surface area contributed by atoms with Crippen LogP contribution in [-0.2, 0) is 20.6 Å². The van der Waals surface area contributed by atoms with E-state index in [0.717, 1.165) is 34.1 Å². The van der Waals surface area contributed by atoms with Gasteiger partial charge in [-0.2, -0.15) is 0 Å². The van der Waals surface area contributed by atoms with Gasteiger partial charge in [0.25, 0.3) is 15.9 Å². The molecule has 35 heavy (non-hydrogen) atoms. The van der Waals surface area contributed by atoms with E-state index in [1.54, 1.807) is 29.6 Å². The number of aldehydes is 1. The van der Waals surface area contributed by atoms with E-state index in [4.69, 9.17) is 0 Å². The number of fused-ring (bicyclic) bond motifs is 1. The number of hydrogen-bond acceptors (Lipinski definition) is 6. The van der Waals surface area contributed by atoms with Crippen LogP contribution >= 0.6 is 23.1 Å². The van der Waals surface area contributed by atoms with Gasteiger partial charge in [-0.1, -0.05) is 42.5 Å². The number of aromatic amines is 1. The lowest BCUT2D eigenvalue weighted by Crippen LogP contribution is -2.31. The Balaban J connectivity index is 1.51. The van der Waals surface area contributed by atoms with Crippen molar-refractivity contribution >= 4 is 61.9 Å². The molecule has 0 bridgehead atoms. The number of hydrogen-bond donors (Lipinski definition) is 2. The lowest BCUT2D eigenvalue weighted by atomic mass is 10.1. The Kier molecular flexibility index (Phi) is 7.63. The van der Waals surface area contributed by atoms with Gasteiger partial charge in [0.1, 0.15) is 16.2 Å². The first-order valence-corrected chi connectivity index (χ1v) is 14.2. The molecule has 4 aromatic rings. The highest BCUT2D eigenvalue weighted by molar-refractivity contribution is 7.99. The van der Waals surface area contributed by atoms with Gasteiger partial charge in [-0.05, 0) is 41.6 Å². The summed E-state index contributed by atoms with van der Waals surface area (Å²) in [6, 6.07) is 18.3. The Morgan fingerprint density at radius 3 is 2.63 bits per heavy atom. The minimum atomic E-state index is -3.73. The van der Waals surface area contributed by atoms with Gasteiger partial charge < -0.3 is 15.1 Å². The Hall–Kier alpha value is -3.08. The first-order chi connectivity index (χ1) is 16.8. The topological polar surface area (TPSA) is 99.3 Å². The number of sulfonamides is 1. The number of thioether (sulfide) groups is 1. The molecule has 1 amide bonds. The van der Waals surface area contributed by atoms with Crippen molar-refractivity contribution in [3.63, 3.8) is 0 Å². The summed E-state index contributed by atoms with van der Waals surface area (Å²) in [5.41, 5.74) is 3.32. The number of carbonyl (C=O) groups excluding carboxylic acids is 2. The largest absolute Gasteiger partial charge is 0.349 e. The summed E-state index contributed by atoms with van der Waals surface area (Å²) >= 11 is 2.61. The van der Waals surface area contributed by atoms with Crippen molar-refractivity contribution in [3.05, 3.63) is 82.9 Å². The second-order valence-electron chi connectivity index (χ2n) is 7.96. The van der Waals surface area contributed by atoms with E-state index in [0.29, 0.717) is 22.7 Å². The van der Waals surface area contributed by atoms with Gasteiger partial charge in [-0.25, -0.2) is 8.42 Å². The summed E-state index contributed by atoms with van der Waals surface area (Å²) in [7, 11) is -2.23. The summed E-state index contributed by atoms with van der Waals surface area (Å²) in [5, 5.41) is 4.90. The van der Waals surface area contributed by atoms with Crippen LogP contribution in [0.4, 0.5) is 5.69 Å². The maximum absolute atomic E-state index is 13.0. The van der Waals surface area contributed by atoms with Crippen molar-refractivity contribution in [3.8, 4) is 0 Å². The maximum Gasteiger partial charge on any atom is 0.273 e. The molecule has 10 heteroatoms. The quantitative estimate of drug-likeness (QED) is 0.294. The van der Waals surface area contributed by atoms with Gasteiger partial charge in [0.05, 0.1) is 16.5 Å². The summed E-state index contributed by atoms with van der Waals surface area (Å²) < 4.78 is 27.6. The molecule has 7 nitrogen and oxygen atoms in total. The first-order valence-electron chi connectivity index (χ1n) is 10.8. The molecule has 0 spiro atoms. The highest BCUT2D eigenvalue weighted by atomic mass is 32.2. The average Bonchev–Trinajstić information content (AvgIpc) is 3.56. The third-order valence-corrected chi connectivity index (χ3v) is 9.96. The van der Waals surface area contributed by atoms with Gasteiger partial charge in [-0.15, -0.1) is 23.1 Å². The number of aromatic nitrogens is 1. The van der Waals surface area contributed by atoms with Crippen molar-refractivity contribution < 1.29 is 18.0 Å². The number of benzene rings is 2. The van der Waals surface area contributed by atoms with Crippen LogP contribution in [0.1, 0.15) is 21.6 Å². The molecule has 0 aliphatic heterocycles. The van der Waals surface area contributed by atoms with E-state index in [1.807, 2.05) is 43.3 Å². The summed E-state index contributed by atoms with van der Waals surface area (Å²) in [4.78, 5) is 27.5. The molecule has 2 N–H and O–H groups in total. The van der Waals surface area contributed by atoms with Gasteiger partial charge in [0.2, 0.25) is 0 Å². The number of rotatable bonds is 10. The first kappa shape index (κ1) is 25.0. The van der Waals surface area contributed by atoms with E-state index in [1.165, 1.54) is 23.1 Å². The van der Waals surface area contributed by atoms with Crippen LogP contribution in [0.5, 0.6) is 0 Å². The SMILES string of the molecule is Cc1ccc(N(C)S(=O)(=O)c2cccs2)c2[nH]c(C(=O)NCC(C=O)SCc3ccccc3)cc12. The van der Waals surface area contributed by atoms with Gasteiger partial charge in [-0.3, -0.25) is 9.10 Å². The average molecular weight is 528 g/mol. The molecular weight excluding hydrogens is 502 g/mol. The number of anilines is 1. The van der Waals surface area contributed by atoms with Crippen molar-refractivity contribution in [1.29, 1.82) is 0 Å². The van der Waals surface area contributed by atoms with Crippen LogP contribution < -0.4 is 9.62 Å². The molecule has 1 atom stereocenters. The Bertz CT molecular complexity index is 1430. The van der Waals surface area contributed by atoms with E-state index in [2.05, 4.69) is 10.3 Å². The lowest BCUT2D eigenvalue weighted by Gasteiger charge is -2.19. The van der Waals surface area contributed by atoms with Crippen LogP contribution in [0, 0.1) is 6.92 Å². The molecule has 0 aliphatic carbocycles. The minimum Gasteiger partial charge on any atom is -0.349 e. The summed E-state index contributed by atoms with van der Waals surface area (Å²) in [6.07, 6.45) is 0.839. The number of nitrogens with zero attached hydrogens (tertiary/aromatic N) is 1. The highest BCUT2D eigenvalue weighted by Crippen LogP contribution is 2.33. The molecule has 2 heterocycles. The fraction of sp³-hybridized carbons (Fsp3) is 0.200. The third-order valence-electron chi connectivity index (χ3n) is 5.61. The standard InChI is InChI=1S/C25H25N3O4S3/c1-17-10-11-22(28(2)35(31,32)23-9-6-12-33-23)24-20(17)13-21(27-24)25(30)26-14-19(15-29)34-16-18-7-4-3-5-8-18/h3-13,15,19,27H,14,16H2,1-2H3,(H,26,30). The summed E-state index contributed by atoms with van der Waals surface area (Å²) in [6.45, 7) is 2.09. The molecule has 0 saturated carbocycles. The third kappa shape index (κ3) is 5.44. The lowest BCUT2D eigenvalue weighted by molar-refractivity contribution is -0.107. The molecule has 4 rings (SSSR count). The second-order valence-corrected chi connectivity index (χ2v) is 12.3. The maximum atomic E-state index is 13.0. The second kappa shape index (κ2) is 10.7. The van der Waals surface area contributed by atoms with Gasteiger partial charge in [0, 0.05) is 24.7 Å². The molecule has 0 saturated heterocycles. The molecule has 0 radical (unpaired) electrons.